The molecule has 0 spiro atoms. The molecule has 1 rings (SSSR count). The van der Waals surface area contributed by atoms with Gasteiger partial charge in [-0.15, -0.1) is 11.6 Å². The SMILES string of the molecule is COc1cc(C(F)(F)F)c(C(F)F)nc1CCl. The molecule has 0 atom stereocenters. The average molecular weight is 276 g/mol. The smallest absolute Gasteiger partial charge is 0.418 e. The molecule has 0 aliphatic carbocycles. The minimum absolute atomic E-state index is 0.155. The van der Waals surface area contributed by atoms with E-state index in [1.54, 1.807) is 0 Å². The minimum atomic E-state index is -4.92. The van der Waals surface area contributed by atoms with Gasteiger partial charge in [-0.3, -0.25) is 0 Å². The number of halogens is 6. The second kappa shape index (κ2) is 5.03. The number of alkyl halides is 6. The summed E-state index contributed by atoms with van der Waals surface area (Å²) >= 11 is 5.39. The normalized spacial score (nSPS) is 12.0. The predicted octanol–water partition coefficient (Wildman–Crippen LogP) is 3.79. The topological polar surface area (TPSA) is 22.1 Å². The van der Waals surface area contributed by atoms with Gasteiger partial charge in [0, 0.05) is 0 Å². The molecule has 0 aliphatic rings. The average Bonchev–Trinajstić information content (AvgIpc) is 2.25. The summed E-state index contributed by atoms with van der Waals surface area (Å²) in [5, 5.41) is 0. The van der Waals surface area contributed by atoms with Crippen molar-refractivity contribution in [3.05, 3.63) is 23.0 Å². The number of aromatic nitrogens is 1. The predicted molar refractivity (Wildman–Crippen MR) is 50.3 cm³/mol. The van der Waals surface area contributed by atoms with Gasteiger partial charge in [0.05, 0.1) is 24.2 Å². The van der Waals surface area contributed by atoms with Gasteiger partial charge < -0.3 is 4.74 Å². The van der Waals surface area contributed by atoms with Crippen LogP contribution >= 0.6 is 11.6 Å². The lowest BCUT2D eigenvalue weighted by Crippen LogP contribution is -2.13. The molecule has 0 fully saturated rings. The van der Waals surface area contributed by atoms with Gasteiger partial charge >= 0.3 is 6.18 Å². The number of hydrogen-bond acceptors (Lipinski definition) is 2. The Balaban J connectivity index is 3.46. The molecule has 0 bridgehead atoms. The third-order valence-corrected chi connectivity index (χ3v) is 2.20. The Bertz CT molecular complexity index is 407. The largest absolute Gasteiger partial charge is 0.495 e. The van der Waals surface area contributed by atoms with Crippen LogP contribution < -0.4 is 4.74 Å². The number of ether oxygens (including phenoxy) is 1. The van der Waals surface area contributed by atoms with E-state index in [1.807, 2.05) is 0 Å². The van der Waals surface area contributed by atoms with Crippen molar-refractivity contribution in [1.82, 2.24) is 4.98 Å². The molecule has 0 saturated carbocycles. The first kappa shape index (κ1) is 14.0. The lowest BCUT2D eigenvalue weighted by molar-refractivity contribution is -0.140. The zero-order valence-corrected chi connectivity index (χ0v) is 9.24. The molecule has 0 radical (unpaired) electrons. The van der Waals surface area contributed by atoms with Crippen LogP contribution in [0.1, 0.15) is 23.4 Å². The Kier molecular flexibility index (Phi) is 4.13. The molecule has 96 valence electrons. The summed E-state index contributed by atoms with van der Waals surface area (Å²) in [5.74, 6) is -0.585. The fourth-order valence-corrected chi connectivity index (χ4v) is 1.41. The van der Waals surface area contributed by atoms with Crippen molar-refractivity contribution in [2.45, 2.75) is 18.5 Å². The summed E-state index contributed by atoms with van der Waals surface area (Å²) in [6.45, 7) is 0. The Morgan fingerprint density at radius 3 is 2.35 bits per heavy atom. The molecule has 1 aromatic heterocycles. The Morgan fingerprint density at radius 1 is 1.41 bits per heavy atom. The molecule has 0 saturated heterocycles. The van der Waals surface area contributed by atoms with Crippen LogP contribution in [-0.4, -0.2) is 12.1 Å². The van der Waals surface area contributed by atoms with Crippen molar-refractivity contribution in [3.63, 3.8) is 0 Å². The van der Waals surface area contributed by atoms with Crippen LogP contribution in [-0.2, 0) is 12.1 Å². The van der Waals surface area contributed by atoms with Crippen molar-refractivity contribution < 1.29 is 26.7 Å². The van der Waals surface area contributed by atoms with Crippen LogP contribution in [0.3, 0.4) is 0 Å². The van der Waals surface area contributed by atoms with Gasteiger partial charge in [0.25, 0.3) is 6.43 Å². The van der Waals surface area contributed by atoms with Gasteiger partial charge in [-0.05, 0) is 6.07 Å². The maximum atomic E-state index is 12.5. The van der Waals surface area contributed by atoms with Gasteiger partial charge in [0.1, 0.15) is 11.4 Å². The minimum Gasteiger partial charge on any atom is -0.495 e. The second-order valence-electron chi connectivity index (χ2n) is 3.00. The quantitative estimate of drug-likeness (QED) is 0.618. The van der Waals surface area contributed by atoms with Crippen molar-refractivity contribution in [2.75, 3.05) is 7.11 Å². The van der Waals surface area contributed by atoms with E-state index in [-0.39, 0.29) is 17.3 Å². The Hall–Kier alpha value is -1.11. The van der Waals surface area contributed by atoms with Crippen molar-refractivity contribution in [3.8, 4) is 5.75 Å². The summed E-state index contributed by atoms with van der Waals surface area (Å²) in [5.41, 5.74) is -3.01. The monoisotopic (exact) mass is 275 g/mol. The van der Waals surface area contributed by atoms with Gasteiger partial charge in [0.2, 0.25) is 0 Å². The lowest BCUT2D eigenvalue weighted by Gasteiger charge is -2.15. The molecule has 0 unspecified atom stereocenters. The molecule has 0 N–H and O–H groups in total. The fourth-order valence-electron chi connectivity index (χ4n) is 1.21. The molecular formula is C9H7ClF5NO. The Morgan fingerprint density at radius 2 is 2.00 bits per heavy atom. The van der Waals surface area contributed by atoms with Gasteiger partial charge in [-0.25, -0.2) is 13.8 Å². The molecule has 0 aromatic carbocycles. The first-order valence-corrected chi connectivity index (χ1v) is 4.83. The van der Waals surface area contributed by atoms with E-state index in [0.29, 0.717) is 6.07 Å². The maximum absolute atomic E-state index is 12.5. The number of hydrogen-bond donors (Lipinski definition) is 0. The molecule has 8 heteroatoms. The standard InChI is InChI=1S/C9H7ClF5NO/c1-17-6-2-4(9(13,14)15)7(8(11)12)16-5(6)3-10/h2,8H,3H2,1H3. The van der Waals surface area contributed by atoms with Gasteiger partial charge in [-0.1, -0.05) is 0 Å². The molecule has 0 amide bonds. The first-order chi connectivity index (χ1) is 7.81. The van der Waals surface area contributed by atoms with Crippen LogP contribution in [0.25, 0.3) is 0 Å². The van der Waals surface area contributed by atoms with Gasteiger partial charge in [-0.2, -0.15) is 13.2 Å². The first-order valence-electron chi connectivity index (χ1n) is 4.30. The van der Waals surface area contributed by atoms with E-state index in [9.17, 15) is 22.0 Å². The molecular weight excluding hydrogens is 269 g/mol. The maximum Gasteiger partial charge on any atom is 0.418 e. The number of pyridine rings is 1. The van der Waals surface area contributed by atoms with E-state index in [0.717, 1.165) is 7.11 Å². The second-order valence-corrected chi connectivity index (χ2v) is 3.27. The summed E-state index contributed by atoms with van der Waals surface area (Å²) < 4.78 is 67.0. The highest BCUT2D eigenvalue weighted by Gasteiger charge is 2.38. The van der Waals surface area contributed by atoms with Crippen LogP contribution in [0.4, 0.5) is 22.0 Å². The van der Waals surface area contributed by atoms with Crippen molar-refractivity contribution in [1.29, 1.82) is 0 Å². The Labute approximate surface area is 98.4 Å². The summed E-state index contributed by atoms with van der Waals surface area (Å²) in [7, 11) is 1.11. The third kappa shape index (κ3) is 2.96. The summed E-state index contributed by atoms with van der Waals surface area (Å²) in [6, 6.07) is 0.478. The van der Waals surface area contributed by atoms with Crippen molar-refractivity contribution in [2.24, 2.45) is 0 Å². The molecule has 1 aromatic rings. The molecule has 1 heterocycles. The summed E-state index contributed by atoms with van der Waals surface area (Å²) in [4.78, 5) is 3.20. The summed E-state index contributed by atoms with van der Waals surface area (Å²) in [6.07, 6.45) is -8.25. The molecule has 17 heavy (non-hydrogen) atoms. The number of methoxy groups -OCH3 is 1. The highest BCUT2D eigenvalue weighted by Crippen LogP contribution is 2.38. The van der Waals surface area contributed by atoms with Crippen LogP contribution in [0.15, 0.2) is 6.07 Å². The highest BCUT2D eigenvalue weighted by atomic mass is 35.5. The van der Waals surface area contributed by atoms with Crippen LogP contribution in [0.5, 0.6) is 5.75 Å². The highest BCUT2D eigenvalue weighted by molar-refractivity contribution is 6.17. The number of nitrogens with zero attached hydrogens (tertiary/aromatic N) is 1. The van der Waals surface area contributed by atoms with E-state index in [4.69, 9.17) is 11.6 Å². The van der Waals surface area contributed by atoms with Gasteiger partial charge in [0.15, 0.2) is 0 Å². The van der Waals surface area contributed by atoms with Crippen LogP contribution in [0.2, 0.25) is 0 Å². The zero-order valence-electron chi connectivity index (χ0n) is 8.49. The number of rotatable bonds is 3. The molecule has 0 aliphatic heterocycles. The molecule has 2 nitrogen and oxygen atoms in total. The zero-order chi connectivity index (χ0) is 13.2. The van der Waals surface area contributed by atoms with E-state index in [2.05, 4.69) is 9.72 Å². The van der Waals surface area contributed by atoms with E-state index >= 15 is 0 Å². The van der Waals surface area contributed by atoms with Crippen LogP contribution in [0, 0.1) is 0 Å². The van der Waals surface area contributed by atoms with Crippen molar-refractivity contribution >= 4 is 11.6 Å². The van der Waals surface area contributed by atoms with E-state index in [1.165, 1.54) is 0 Å². The van der Waals surface area contributed by atoms with E-state index < -0.39 is 23.9 Å². The third-order valence-electron chi connectivity index (χ3n) is 1.95. The lowest BCUT2D eigenvalue weighted by atomic mass is 10.1. The fraction of sp³-hybridized carbons (Fsp3) is 0.444.